The summed E-state index contributed by atoms with van der Waals surface area (Å²) in [4.78, 5) is 10.2. The zero-order chi connectivity index (χ0) is 12.4. The fourth-order valence-corrected chi connectivity index (χ4v) is 1.48. The van der Waals surface area contributed by atoms with Gasteiger partial charge in [0, 0.05) is 17.7 Å². The maximum absolute atomic E-state index is 10.5. The summed E-state index contributed by atoms with van der Waals surface area (Å²) >= 11 is 4.78. The van der Waals surface area contributed by atoms with Crippen LogP contribution in [0.5, 0.6) is 0 Å². The van der Waals surface area contributed by atoms with Gasteiger partial charge in [-0.05, 0) is 24.3 Å². The predicted molar refractivity (Wildman–Crippen MR) is 66.7 cm³/mol. The third kappa shape index (κ3) is 2.31. The molecule has 1 heterocycles. The van der Waals surface area contributed by atoms with Crippen molar-refractivity contribution in [1.29, 1.82) is 0 Å². The largest absolute Gasteiger partial charge is 0.454 e. The molecule has 0 bridgehead atoms. The Labute approximate surface area is 102 Å². The van der Waals surface area contributed by atoms with Crippen molar-refractivity contribution >= 4 is 22.9 Å². The Morgan fingerprint density at radius 3 is 2.35 bits per heavy atom. The van der Waals surface area contributed by atoms with Crippen molar-refractivity contribution in [2.75, 3.05) is 0 Å². The number of nitrogens with two attached hydrogens (primary N) is 1. The van der Waals surface area contributed by atoms with Crippen LogP contribution in [0.3, 0.4) is 0 Å². The minimum absolute atomic E-state index is 0.0369. The van der Waals surface area contributed by atoms with Crippen molar-refractivity contribution in [3.8, 4) is 11.3 Å². The van der Waals surface area contributed by atoms with Crippen molar-refractivity contribution in [3.05, 3.63) is 52.3 Å². The molecule has 0 saturated carbocycles. The Kier molecular flexibility index (Phi) is 2.88. The number of benzene rings is 1. The van der Waals surface area contributed by atoms with E-state index in [9.17, 15) is 10.1 Å². The molecule has 86 valence electrons. The first kappa shape index (κ1) is 11.3. The zero-order valence-electron chi connectivity index (χ0n) is 8.62. The fourth-order valence-electron chi connectivity index (χ4n) is 1.37. The van der Waals surface area contributed by atoms with Gasteiger partial charge < -0.3 is 10.2 Å². The molecule has 2 aromatic rings. The number of furan rings is 1. The first-order valence-electron chi connectivity index (χ1n) is 4.72. The molecule has 1 aromatic heterocycles. The smallest absolute Gasteiger partial charge is 0.269 e. The van der Waals surface area contributed by atoms with Gasteiger partial charge in [-0.1, -0.05) is 12.2 Å². The summed E-state index contributed by atoms with van der Waals surface area (Å²) in [7, 11) is 0. The Morgan fingerprint density at radius 2 is 1.88 bits per heavy atom. The summed E-state index contributed by atoms with van der Waals surface area (Å²) < 4.78 is 5.40. The summed E-state index contributed by atoms with van der Waals surface area (Å²) in [5.74, 6) is 0.996. The molecule has 17 heavy (non-hydrogen) atoms. The van der Waals surface area contributed by atoms with Crippen LogP contribution in [0.15, 0.2) is 40.8 Å². The van der Waals surface area contributed by atoms with Crippen LogP contribution < -0.4 is 5.73 Å². The number of nitrogens with zero attached hydrogens (tertiary/aromatic N) is 1. The lowest BCUT2D eigenvalue weighted by molar-refractivity contribution is -0.384. The van der Waals surface area contributed by atoms with E-state index in [0.717, 1.165) is 5.56 Å². The molecule has 0 amide bonds. The topological polar surface area (TPSA) is 82.3 Å². The molecule has 0 unspecified atom stereocenters. The monoisotopic (exact) mass is 248 g/mol. The van der Waals surface area contributed by atoms with Crippen molar-refractivity contribution in [3.63, 3.8) is 0 Å². The molecule has 0 radical (unpaired) electrons. The first-order valence-corrected chi connectivity index (χ1v) is 5.13. The lowest BCUT2D eigenvalue weighted by Crippen LogP contribution is -2.07. The highest BCUT2D eigenvalue weighted by atomic mass is 32.1. The van der Waals surface area contributed by atoms with E-state index in [0.29, 0.717) is 11.5 Å². The lowest BCUT2D eigenvalue weighted by atomic mass is 10.1. The van der Waals surface area contributed by atoms with Gasteiger partial charge in [0.25, 0.3) is 5.69 Å². The van der Waals surface area contributed by atoms with E-state index in [1.165, 1.54) is 12.1 Å². The van der Waals surface area contributed by atoms with Crippen molar-refractivity contribution in [1.82, 2.24) is 0 Å². The maximum Gasteiger partial charge on any atom is 0.269 e. The number of non-ortho nitro benzene ring substituents is 1. The van der Waals surface area contributed by atoms with E-state index in [2.05, 4.69) is 0 Å². The van der Waals surface area contributed by atoms with Gasteiger partial charge in [-0.25, -0.2) is 0 Å². The summed E-state index contributed by atoms with van der Waals surface area (Å²) in [6, 6.07) is 9.44. The third-order valence-electron chi connectivity index (χ3n) is 2.21. The van der Waals surface area contributed by atoms with Crippen LogP contribution in [-0.2, 0) is 0 Å². The number of nitro groups is 1. The van der Waals surface area contributed by atoms with Crippen molar-refractivity contribution in [2.24, 2.45) is 5.73 Å². The van der Waals surface area contributed by atoms with Crippen LogP contribution in [0.4, 0.5) is 5.69 Å². The minimum Gasteiger partial charge on any atom is -0.454 e. The molecule has 2 N–H and O–H groups in total. The van der Waals surface area contributed by atoms with Gasteiger partial charge in [-0.3, -0.25) is 10.1 Å². The molecule has 6 heteroatoms. The number of rotatable bonds is 3. The summed E-state index contributed by atoms with van der Waals surface area (Å²) in [5.41, 5.74) is 6.19. The Balaban J connectivity index is 2.33. The van der Waals surface area contributed by atoms with Crippen molar-refractivity contribution < 1.29 is 9.34 Å². The quantitative estimate of drug-likeness (QED) is 0.512. The Bertz CT molecular complexity index is 575. The summed E-state index contributed by atoms with van der Waals surface area (Å²) in [6.45, 7) is 0. The standard InChI is InChI=1S/C11H8N2O3S/c12-11(17)10-6-5-9(16-10)7-1-3-8(4-2-7)13(14)15/h1-6H,(H2,12,17). The van der Waals surface area contributed by atoms with E-state index in [1.807, 2.05) is 0 Å². The highest BCUT2D eigenvalue weighted by molar-refractivity contribution is 7.80. The highest BCUT2D eigenvalue weighted by Crippen LogP contribution is 2.24. The van der Waals surface area contributed by atoms with Gasteiger partial charge in [-0.15, -0.1) is 0 Å². The van der Waals surface area contributed by atoms with Crippen molar-refractivity contribution in [2.45, 2.75) is 0 Å². The number of nitro benzene ring substituents is 1. The molecule has 0 aliphatic heterocycles. The fraction of sp³-hybridized carbons (Fsp3) is 0. The molecule has 0 fully saturated rings. The van der Waals surface area contributed by atoms with E-state index in [1.54, 1.807) is 24.3 Å². The zero-order valence-corrected chi connectivity index (χ0v) is 9.44. The van der Waals surface area contributed by atoms with Gasteiger partial charge in [0.2, 0.25) is 0 Å². The van der Waals surface area contributed by atoms with E-state index < -0.39 is 4.92 Å². The van der Waals surface area contributed by atoms with E-state index in [-0.39, 0.29) is 10.7 Å². The van der Waals surface area contributed by atoms with Crippen LogP contribution in [0.1, 0.15) is 5.76 Å². The molecule has 0 aliphatic rings. The SMILES string of the molecule is NC(=S)c1ccc(-c2ccc([N+](=O)[O-])cc2)o1. The molecule has 5 nitrogen and oxygen atoms in total. The van der Waals surface area contributed by atoms with Gasteiger partial charge in [0.1, 0.15) is 10.7 Å². The van der Waals surface area contributed by atoms with Crippen LogP contribution in [0.25, 0.3) is 11.3 Å². The third-order valence-corrected chi connectivity index (χ3v) is 2.41. The van der Waals surface area contributed by atoms with Crippen LogP contribution in [-0.4, -0.2) is 9.91 Å². The van der Waals surface area contributed by atoms with Gasteiger partial charge >= 0.3 is 0 Å². The lowest BCUT2D eigenvalue weighted by Gasteiger charge is -1.96. The summed E-state index contributed by atoms with van der Waals surface area (Å²) in [5, 5.41) is 10.5. The van der Waals surface area contributed by atoms with Gasteiger partial charge in [-0.2, -0.15) is 0 Å². The van der Waals surface area contributed by atoms with E-state index in [4.69, 9.17) is 22.4 Å². The Hall–Kier alpha value is -2.21. The number of thiocarbonyl (C=S) groups is 1. The first-order chi connectivity index (χ1) is 8.08. The summed E-state index contributed by atoms with van der Waals surface area (Å²) in [6.07, 6.45) is 0. The number of hydrogen-bond acceptors (Lipinski definition) is 4. The highest BCUT2D eigenvalue weighted by Gasteiger charge is 2.09. The number of hydrogen-bond donors (Lipinski definition) is 1. The second-order valence-electron chi connectivity index (χ2n) is 3.33. The normalized spacial score (nSPS) is 10.1. The average molecular weight is 248 g/mol. The van der Waals surface area contributed by atoms with E-state index >= 15 is 0 Å². The van der Waals surface area contributed by atoms with Gasteiger partial charge in [0.15, 0.2) is 5.76 Å². The second-order valence-corrected chi connectivity index (χ2v) is 3.77. The molecule has 0 atom stereocenters. The van der Waals surface area contributed by atoms with Crippen LogP contribution in [0, 0.1) is 10.1 Å². The molecule has 2 rings (SSSR count). The predicted octanol–water partition coefficient (Wildman–Crippen LogP) is 2.49. The molecule has 0 saturated heterocycles. The van der Waals surface area contributed by atoms with Crippen LogP contribution >= 0.6 is 12.2 Å². The molecular formula is C11H8N2O3S. The van der Waals surface area contributed by atoms with Crippen LogP contribution in [0.2, 0.25) is 0 Å². The minimum atomic E-state index is -0.452. The molecule has 1 aromatic carbocycles. The average Bonchev–Trinajstić information content (AvgIpc) is 2.78. The molecular weight excluding hydrogens is 240 g/mol. The Morgan fingerprint density at radius 1 is 1.24 bits per heavy atom. The molecule has 0 aliphatic carbocycles. The molecule has 0 spiro atoms. The maximum atomic E-state index is 10.5. The second kappa shape index (κ2) is 4.34. The van der Waals surface area contributed by atoms with Gasteiger partial charge in [0.05, 0.1) is 4.92 Å².